The van der Waals surface area contributed by atoms with E-state index in [2.05, 4.69) is 60.5 Å². The molecule has 1 aromatic carbocycles. The summed E-state index contributed by atoms with van der Waals surface area (Å²) in [7, 11) is 2.19. The van der Waals surface area contributed by atoms with Crippen LogP contribution in [0.3, 0.4) is 0 Å². The molecule has 2 aliphatic rings. The third-order valence-corrected chi connectivity index (χ3v) is 3.44. The Kier molecular flexibility index (Phi) is 1.91. The summed E-state index contributed by atoms with van der Waals surface area (Å²) in [4.78, 5) is 2.38. The molecule has 1 heterocycles. The number of hydrogen-bond donors (Lipinski definition) is 0. The van der Waals surface area contributed by atoms with E-state index in [1.54, 1.807) is 0 Å². The Morgan fingerprint density at radius 1 is 1.13 bits per heavy atom. The Morgan fingerprint density at radius 3 is 2.87 bits per heavy atom. The van der Waals surface area contributed by atoms with Gasteiger partial charge in [0.2, 0.25) is 0 Å². The maximum atomic E-state index is 2.38. The molecule has 0 radical (unpaired) electrons. The van der Waals surface area contributed by atoms with Crippen molar-refractivity contribution in [1.29, 1.82) is 0 Å². The maximum Gasteiger partial charge on any atom is 0.0574 e. The van der Waals surface area contributed by atoms with Crippen LogP contribution in [0.15, 0.2) is 48.6 Å². The van der Waals surface area contributed by atoms with Gasteiger partial charge in [0.25, 0.3) is 0 Å². The number of likely N-dealkylation sites (N-methyl/N-ethyl adjacent to an activating group) is 1. The van der Waals surface area contributed by atoms with Gasteiger partial charge in [0.1, 0.15) is 0 Å². The van der Waals surface area contributed by atoms with Crippen LogP contribution in [-0.2, 0) is 0 Å². The van der Waals surface area contributed by atoms with Gasteiger partial charge in [-0.25, -0.2) is 0 Å². The van der Waals surface area contributed by atoms with Gasteiger partial charge in [-0.2, -0.15) is 0 Å². The largest absolute Gasteiger partial charge is 0.367 e. The van der Waals surface area contributed by atoms with Gasteiger partial charge in [-0.15, -0.1) is 0 Å². The van der Waals surface area contributed by atoms with Crippen molar-refractivity contribution in [1.82, 2.24) is 0 Å². The number of anilines is 1. The molecule has 1 aromatic rings. The number of benzene rings is 1. The molecular weight excluding hydrogens is 182 g/mol. The van der Waals surface area contributed by atoms with Gasteiger partial charge in [0.15, 0.2) is 0 Å². The smallest absolute Gasteiger partial charge is 0.0574 e. The first-order valence-corrected chi connectivity index (χ1v) is 5.53. The molecular formula is C14H15N. The van der Waals surface area contributed by atoms with Gasteiger partial charge in [0.05, 0.1) is 6.04 Å². The molecule has 1 aliphatic heterocycles. The second-order valence-corrected chi connectivity index (χ2v) is 4.28. The molecule has 3 rings (SSSR count). The Balaban J connectivity index is 2.14. The molecule has 1 aliphatic carbocycles. The van der Waals surface area contributed by atoms with Crippen molar-refractivity contribution in [3.63, 3.8) is 0 Å². The number of hydrogen-bond acceptors (Lipinski definition) is 1. The molecule has 0 N–H and O–H groups in total. The van der Waals surface area contributed by atoms with E-state index in [1.165, 1.54) is 11.3 Å². The quantitative estimate of drug-likeness (QED) is 0.578. The maximum absolute atomic E-state index is 2.38. The molecule has 0 saturated carbocycles. The number of fused-ring (bicyclic) bond motifs is 3. The molecule has 76 valence electrons. The number of rotatable bonds is 0. The minimum absolute atomic E-state index is 0.515. The summed E-state index contributed by atoms with van der Waals surface area (Å²) >= 11 is 0. The minimum Gasteiger partial charge on any atom is -0.367 e. The highest BCUT2D eigenvalue weighted by molar-refractivity contribution is 5.64. The zero-order chi connectivity index (χ0) is 10.3. The predicted octanol–water partition coefficient (Wildman–Crippen LogP) is 3.10. The molecule has 0 aromatic heterocycles. The lowest BCUT2D eigenvalue weighted by Crippen LogP contribution is -2.27. The van der Waals surface area contributed by atoms with Crippen LogP contribution >= 0.6 is 0 Å². The van der Waals surface area contributed by atoms with E-state index >= 15 is 0 Å². The van der Waals surface area contributed by atoms with Gasteiger partial charge >= 0.3 is 0 Å². The highest BCUT2D eigenvalue weighted by Crippen LogP contribution is 2.41. The lowest BCUT2D eigenvalue weighted by atomic mass is 9.95. The Hall–Kier alpha value is -1.50. The molecule has 1 nitrogen and oxygen atoms in total. The van der Waals surface area contributed by atoms with Crippen LogP contribution in [0.5, 0.6) is 0 Å². The summed E-state index contributed by atoms with van der Waals surface area (Å²) in [5, 5.41) is 0. The molecule has 0 amide bonds. The number of para-hydroxylation sites is 1. The molecule has 2 atom stereocenters. The van der Waals surface area contributed by atoms with Crippen molar-refractivity contribution < 1.29 is 0 Å². The average molecular weight is 197 g/mol. The fourth-order valence-electron chi connectivity index (χ4n) is 2.66. The van der Waals surface area contributed by atoms with E-state index in [0.717, 1.165) is 6.42 Å². The van der Waals surface area contributed by atoms with Crippen molar-refractivity contribution in [2.45, 2.75) is 18.4 Å². The van der Waals surface area contributed by atoms with Gasteiger partial charge in [-0.05, 0) is 18.1 Å². The zero-order valence-corrected chi connectivity index (χ0v) is 8.93. The molecule has 0 spiro atoms. The normalized spacial score (nSPS) is 27.4. The Labute approximate surface area is 90.7 Å². The number of nitrogens with zero attached hydrogens (tertiary/aromatic N) is 1. The molecule has 0 bridgehead atoms. The van der Waals surface area contributed by atoms with Crippen LogP contribution < -0.4 is 4.90 Å². The van der Waals surface area contributed by atoms with Gasteiger partial charge in [0, 0.05) is 18.7 Å². The van der Waals surface area contributed by atoms with Gasteiger partial charge in [-0.3, -0.25) is 0 Å². The highest BCUT2D eigenvalue weighted by atomic mass is 15.2. The van der Waals surface area contributed by atoms with Crippen LogP contribution in [0, 0.1) is 0 Å². The molecule has 15 heavy (non-hydrogen) atoms. The fourth-order valence-corrected chi connectivity index (χ4v) is 2.66. The summed E-state index contributed by atoms with van der Waals surface area (Å²) in [6.45, 7) is 0. The summed E-state index contributed by atoms with van der Waals surface area (Å²) in [5.74, 6) is 0.546. The monoisotopic (exact) mass is 197 g/mol. The molecule has 0 fully saturated rings. The first-order valence-electron chi connectivity index (χ1n) is 5.53. The zero-order valence-electron chi connectivity index (χ0n) is 8.93. The minimum atomic E-state index is 0.515. The second kappa shape index (κ2) is 3.27. The third-order valence-electron chi connectivity index (χ3n) is 3.44. The Bertz CT molecular complexity index is 431. The molecule has 1 heteroatoms. The first-order chi connectivity index (χ1) is 7.38. The van der Waals surface area contributed by atoms with Crippen molar-refractivity contribution in [2.75, 3.05) is 11.9 Å². The summed E-state index contributed by atoms with van der Waals surface area (Å²) in [5.41, 5.74) is 2.84. The van der Waals surface area contributed by atoms with Crippen LogP contribution in [0.4, 0.5) is 5.69 Å². The van der Waals surface area contributed by atoms with Crippen LogP contribution in [-0.4, -0.2) is 13.1 Å². The second-order valence-electron chi connectivity index (χ2n) is 4.28. The van der Waals surface area contributed by atoms with E-state index in [0.29, 0.717) is 12.0 Å². The first kappa shape index (κ1) is 8.78. The van der Waals surface area contributed by atoms with Crippen LogP contribution in [0.1, 0.15) is 17.9 Å². The lowest BCUT2D eigenvalue weighted by molar-refractivity contribution is 0.732. The van der Waals surface area contributed by atoms with Crippen molar-refractivity contribution in [3.05, 3.63) is 54.1 Å². The van der Waals surface area contributed by atoms with E-state index in [9.17, 15) is 0 Å². The van der Waals surface area contributed by atoms with E-state index in [1.807, 2.05) is 0 Å². The summed E-state index contributed by atoms with van der Waals surface area (Å²) in [6.07, 6.45) is 10.3. The highest BCUT2D eigenvalue weighted by Gasteiger charge is 2.32. The average Bonchev–Trinajstić information content (AvgIpc) is 2.48. The molecule has 0 saturated heterocycles. The third kappa shape index (κ3) is 1.23. The number of allylic oxidation sites excluding steroid dienone is 2. The molecule has 2 unspecified atom stereocenters. The van der Waals surface area contributed by atoms with Crippen molar-refractivity contribution >= 4 is 5.69 Å². The van der Waals surface area contributed by atoms with E-state index in [4.69, 9.17) is 0 Å². The summed E-state index contributed by atoms with van der Waals surface area (Å²) < 4.78 is 0. The summed E-state index contributed by atoms with van der Waals surface area (Å²) in [6, 6.07) is 9.23. The predicted molar refractivity (Wildman–Crippen MR) is 64.3 cm³/mol. The van der Waals surface area contributed by atoms with Crippen LogP contribution in [0.2, 0.25) is 0 Å². The van der Waals surface area contributed by atoms with Crippen molar-refractivity contribution in [2.24, 2.45) is 0 Å². The topological polar surface area (TPSA) is 3.24 Å². The lowest BCUT2D eigenvalue weighted by Gasteiger charge is -2.21. The Morgan fingerprint density at radius 2 is 1.93 bits per heavy atom. The SMILES string of the molecule is CN1c2ccccc2C2C=CCC=CC21. The van der Waals surface area contributed by atoms with E-state index in [-0.39, 0.29) is 0 Å². The van der Waals surface area contributed by atoms with Crippen LogP contribution in [0.25, 0.3) is 0 Å². The van der Waals surface area contributed by atoms with Gasteiger partial charge < -0.3 is 4.90 Å². The standard InChI is InChI=1S/C14H15N/c1-15-13-9-4-2-3-7-11(13)12-8-5-6-10-14(12)15/h3-11,13H,2H2,1H3. The fraction of sp³-hybridized carbons (Fsp3) is 0.286. The van der Waals surface area contributed by atoms with Gasteiger partial charge in [-0.1, -0.05) is 42.5 Å². The van der Waals surface area contributed by atoms with E-state index < -0.39 is 0 Å². The van der Waals surface area contributed by atoms with Crippen molar-refractivity contribution in [3.8, 4) is 0 Å².